The van der Waals surface area contributed by atoms with Gasteiger partial charge in [-0.1, -0.05) is 11.6 Å². The molecule has 2 aliphatic rings. The number of halogens is 2. The number of methoxy groups -OCH3 is 1. The van der Waals surface area contributed by atoms with Gasteiger partial charge in [-0.25, -0.2) is 14.0 Å². The first kappa shape index (κ1) is 29.4. The lowest BCUT2D eigenvalue weighted by Crippen LogP contribution is -2.52. The third-order valence-corrected chi connectivity index (χ3v) is 7.11. The van der Waals surface area contributed by atoms with Gasteiger partial charge in [0.05, 0.1) is 19.8 Å². The lowest BCUT2D eigenvalue weighted by atomic mass is 9.88. The fourth-order valence-corrected chi connectivity index (χ4v) is 5.43. The molecule has 1 aromatic rings. The number of alkyl carbamates (subject to hydrolysis) is 1. The summed E-state index contributed by atoms with van der Waals surface area (Å²) in [7, 11) is 3.17. The second kappa shape index (κ2) is 15.3. The van der Waals surface area contributed by atoms with Crippen molar-refractivity contribution >= 4 is 23.7 Å². The van der Waals surface area contributed by atoms with E-state index in [4.69, 9.17) is 21.1 Å². The number of hydrogen-bond acceptors (Lipinski definition) is 6. The third-order valence-electron chi connectivity index (χ3n) is 6.89. The number of ether oxygens (including phenoxy) is 3. The number of urea groups is 1. The number of benzene rings is 1. The maximum atomic E-state index is 14.2. The summed E-state index contributed by atoms with van der Waals surface area (Å²) < 4.78 is 30.6. The van der Waals surface area contributed by atoms with Crippen molar-refractivity contribution in [1.82, 2.24) is 20.9 Å². The number of likely N-dealkylation sites (N-methyl/N-ethyl adjacent to an activating group) is 1. The van der Waals surface area contributed by atoms with E-state index < -0.39 is 18.0 Å². The highest BCUT2D eigenvalue weighted by Crippen LogP contribution is 2.34. The van der Waals surface area contributed by atoms with Gasteiger partial charge in [0.25, 0.3) is 0 Å². The third kappa shape index (κ3) is 9.59. The van der Waals surface area contributed by atoms with Gasteiger partial charge in [-0.3, -0.25) is 0 Å². The van der Waals surface area contributed by atoms with Crippen LogP contribution in [0.2, 0.25) is 5.02 Å². The number of carbonyl (C=O) groups excluding carboxylic acids is 2. The van der Waals surface area contributed by atoms with E-state index in [9.17, 15) is 14.0 Å². The molecule has 11 heteroatoms. The van der Waals surface area contributed by atoms with Crippen LogP contribution in [0.1, 0.15) is 43.8 Å². The number of amides is 3. The number of likely N-dealkylation sites (tertiary alicyclic amines) is 1. The zero-order valence-corrected chi connectivity index (χ0v) is 22.5. The van der Waals surface area contributed by atoms with Gasteiger partial charge in [0, 0.05) is 56.4 Å². The van der Waals surface area contributed by atoms with Crippen molar-refractivity contribution in [3.8, 4) is 0 Å². The number of nitrogens with one attached hydrogen (secondary N) is 3. The molecule has 2 fully saturated rings. The van der Waals surface area contributed by atoms with Gasteiger partial charge in [-0.05, 0) is 68.8 Å². The largest absolute Gasteiger partial charge is 0.453 e. The Hall–Kier alpha value is -2.14. The summed E-state index contributed by atoms with van der Waals surface area (Å²) in [6.45, 7) is 3.77. The van der Waals surface area contributed by atoms with Crippen LogP contribution in [-0.2, 0) is 14.2 Å². The number of piperidine rings is 1. The van der Waals surface area contributed by atoms with E-state index in [1.807, 2.05) is 11.9 Å². The van der Waals surface area contributed by atoms with Gasteiger partial charge in [-0.15, -0.1) is 0 Å². The molecule has 0 bridgehead atoms. The first-order valence-corrected chi connectivity index (χ1v) is 13.4. The Bertz CT molecular complexity index is 853. The maximum absolute atomic E-state index is 14.2. The van der Waals surface area contributed by atoms with Crippen LogP contribution in [-0.4, -0.2) is 83.2 Å². The topological polar surface area (TPSA) is 101 Å². The number of carbonyl (C=O) groups is 2. The predicted molar refractivity (Wildman–Crippen MR) is 139 cm³/mol. The molecule has 0 aliphatic carbocycles. The molecule has 2 heterocycles. The van der Waals surface area contributed by atoms with Crippen molar-refractivity contribution in [2.45, 2.75) is 44.2 Å². The molecule has 0 unspecified atom stereocenters. The van der Waals surface area contributed by atoms with Gasteiger partial charge < -0.3 is 35.1 Å². The summed E-state index contributed by atoms with van der Waals surface area (Å²) in [5.74, 6) is -0.0728. The SMILES string of the molecule is CNC[C@H](C[C@H]1CCCOC1)NC(=O)N1CCC[C@@H]([C@@H](OCCNC(=O)OC)c2cc(F)cc(Cl)c2)C1. The molecule has 3 amide bonds. The molecule has 4 atom stereocenters. The average molecular weight is 543 g/mol. The first-order valence-electron chi connectivity index (χ1n) is 13.1. The number of nitrogens with zero attached hydrogens (tertiary/aromatic N) is 1. The Morgan fingerprint density at radius 2 is 2.11 bits per heavy atom. The molecule has 0 radical (unpaired) electrons. The van der Waals surface area contributed by atoms with Crippen LogP contribution in [0.5, 0.6) is 0 Å². The summed E-state index contributed by atoms with van der Waals surface area (Å²) in [6, 6.07) is 4.25. The van der Waals surface area contributed by atoms with Crippen molar-refractivity contribution in [3.63, 3.8) is 0 Å². The van der Waals surface area contributed by atoms with Gasteiger partial charge in [0.1, 0.15) is 5.82 Å². The van der Waals surface area contributed by atoms with E-state index >= 15 is 0 Å². The van der Waals surface area contributed by atoms with Crippen LogP contribution in [0.25, 0.3) is 0 Å². The highest BCUT2D eigenvalue weighted by atomic mass is 35.5. The van der Waals surface area contributed by atoms with Crippen molar-refractivity contribution in [1.29, 1.82) is 0 Å². The minimum absolute atomic E-state index is 0.00282. The number of hydrogen-bond donors (Lipinski definition) is 3. The monoisotopic (exact) mass is 542 g/mol. The highest BCUT2D eigenvalue weighted by Gasteiger charge is 2.32. The van der Waals surface area contributed by atoms with E-state index in [1.165, 1.54) is 19.2 Å². The second-order valence-electron chi connectivity index (χ2n) is 9.78. The molecule has 3 N–H and O–H groups in total. The van der Waals surface area contributed by atoms with Crippen molar-refractivity contribution in [2.24, 2.45) is 11.8 Å². The van der Waals surface area contributed by atoms with Gasteiger partial charge in [0.2, 0.25) is 0 Å². The molecule has 2 aliphatic heterocycles. The maximum Gasteiger partial charge on any atom is 0.406 e. The molecule has 37 heavy (non-hydrogen) atoms. The smallest absolute Gasteiger partial charge is 0.406 e. The zero-order chi connectivity index (χ0) is 26.6. The van der Waals surface area contributed by atoms with Crippen molar-refractivity contribution in [2.75, 3.05) is 60.2 Å². The van der Waals surface area contributed by atoms with Gasteiger partial charge >= 0.3 is 12.1 Å². The van der Waals surface area contributed by atoms with Crippen LogP contribution in [0.4, 0.5) is 14.0 Å². The molecular weight excluding hydrogens is 503 g/mol. The first-order chi connectivity index (χ1) is 17.9. The average Bonchev–Trinajstić information content (AvgIpc) is 2.88. The Morgan fingerprint density at radius 1 is 1.27 bits per heavy atom. The molecule has 9 nitrogen and oxygen atoms in total. The van der Waals surface area contributed by atoms with Crippen molar-refractivity contribution < 1.29 is 28.2 Å². The normalized spacial score (nSPS) is 21.7. The fourth-order valence-electron chi connectivity index (χ4n) is 5.20. The minimum Gasteiger partial charge on any atom is -0.453 e. The zero-order valence-electron chi connectivity index (χ0n) is 21.8. The molecule has 2 saturated heterocycles. The molecule has 3 rings (SSSR count). The van der Waals surface area contributed by atoms with Crippen LogP contribution in [0, 0.1) is 17.7 Å². The minimum atomic E-state index is -0.551. The number of rotatable bonds is 11. The van der Waals surface area contributed by atoms with E-state index in [0.29, 0.717) is 31.1 Å². The second-order valence-corrected chi connectivity index (χ2v) is 10.2. The molecular formula is C26H40ClFN4O5. The summed E-state index contributed by atoms with van der Waals surface area (Å²) in [4.78, 5) is 26.5. The molecule has 208 valence electrons. The lowest BCUT2D eigenvalue weighted by Gasteiger charge is -2.38. The predicted octanol–water partition coefficient (Wildman–Crippen LogP) is 3.72. The standard InChI is InChI=1S/C26H40ClFN4O5/c1-29-15-23(11-18-5-4-9-36-17-18)31-25(33)32-8-3-6-19(16-32)24(37-10-7-30-26(34)35-2)20-12-21(27)14-22(28)13-20/h12-14,18-19,23-24,29H,3-11,15-17H2,1-2H3,(H,30,34)(H,31,33)/t18-,19-,23+,24-/m1/s1. The van der Waals surface area contributed by atoms with Crippen LogP contribution >= 0.6 is 11.6 Å². The van der Waals surface area contributed by atoms with E-state index in [-0.39, 0.29) is 36.2 Å². The van der Waals surface area contributed by atoms with E-state index in [1.54, 1.807) is 6.07 Å². The molecule has 0 spiro atoms. The van der Waals surface area contributed by atoms with Crippen LogP contribution in [0.3, 0.4) is 0 Å². The van der Waals surface area contributed by atoms with Crippen LogP contribution in [0.15, 0.2) is 18.2 Å². The Labute approximate surface area is 223 Å². The molecule has 1 aromatic carbocycles. The van der Waals surface area contributed by atoms with Gasteiger partial charge in [-0.2, -0.15) is 0 Å². The Balaban J connectivity index is 1.65. The highest BCUT2D eigenvalue weighted by molar-refractivity contribution is 6.30. The molecule has 0 aromatic heterocycles. The van der Waals surface area contributed by atoms with Gasteiger partial charge in [0.15, 0.2) is 0 Å². The summed E-state index contributed by atoms with van der Waals surface area (Å²) >= 11 is 6.14. The summed E-state index contributed by atoms with van der Waals surface area (Å²) in [5.41, 5.74) is 0.612. The summed E-state index contributed by atoms with van der Waals surface area (Å²) in [5, 5.41) is 9.26. The molecule has 0 saturated carbocycles. The van der Waals surface area contributed by atoms with E-state index in [0.717, 1.165) is 45.3 Å². The fraction of sp³-hybridized carbons (Fsp3) is 0.692. The summed E-state index contributed by atoms with van der Waals surface area (Å²) in [6.07, 6.45) is 3.60. The quantitative estimate of drug-likeness (QED) is 0.368. The van der Waals surface area contributed by atoms with E-state index in [2.05, 4.69) is 20.7 Å². The lowest BCUT2D eigenvalue weighted by molar-refractivity contribution is -0.00888. The van der Waals surface area contributed by atoms with Crippen molar-refractivity contribution in [3.05, 3.63) is 34.6 Å². The van der Waals surface area contributed by atoms with Crippen LogP contribution < -0.4 is 16.0 Å². The Morgan fingerprint density at radius 3 is 2.81 bits per heavy atom. The Kier molecular flexibility index (Phi) is 12.2.